The van der Waals surface area contributed by atoms with Gasteiger partial charge in [0.05, 0.1) is 6.10 Å². The molecule has 8 rings (SSSR count). The van der Waals surface area contributed by atoms with Crippen LogP contribution in [0.1, 0.15) is 119 Å². The average Bonchev–Trinajstić information content (AvgIpc) is 3.57. The van der Waals surface area contributed by atoms with E-state index in [-0.39, 0.29) is 23.2 Å². The van der Waals surface area contributed by atoms with Crippen LogP contribution in [-0.2, 0) is 27.3 Å². The predicted octanol–water partition coefficient (Wildman–Crippen LogP) is 8.89. The highest BCUT2D eigenvalue weighted by Crippen LogP contribution is 2.66. The van der Waals surface area contributed by atoms with Gasteiger partial charge in [-0.15, -0.1) is 0 Å². The Morgan fingerprint density at radius 2 is 1.78 bits per heavy atom. The minimum atomic E-state index is -0.398. The number of aryl methyl sites for hydroxylation is 1. The van der Waals surface area contributed by atoms with Gasteiger partial charge in [-0.25, -0.2) is 4.39 Å². The van der Waals surface area contributed by atoms with E-state index < -0.39 is 5.82 Å². The molecule has 0 spiro atoms. The van der Waals surface area contributed by atoms with E-state index in [0.29, 0.717) is 54.2 Å². The summed E-state index contributed by atoms with van der Waals surface area (Å²) in [6, 6.07) is 11.0. The van der Waals surface area contributed by atoms with Crippen molar-refractivity contribution in [1.82, 2.24) is 10.3 Å². The fraction of sp³-hybridized carbons (Fsp3) is 0.595. The molecular weight excluding hydrogens is 615 g/mol. The van der Waals surface area contributed by atoms with Crippen molar-refractivity contribution < 1.29 is 23.5 Å². The molecule has 1 unspecified atom stereocenters. The van der Waals surface area contributed by atoms with Crippen molar-refractivity contribution in [2.24, 2.45) is 34.5 Å². The number of halogens is 1. The molecule has 6 nitrogen and oxygen atoms in total. The van der Waals surface area contributed by atoms with Gasteiger partial charge < -0.3 is 15.0 Å². The maximum Gasteiger partial charge on any atom is 0.220 e. The Morgan fingerprint density at radius 3 is 2.61 bits per heavy atom. The van der Waals surface area contributed by atoms with Crippen LogP contribution < -0.4 is 5.32 Å². The van der Waals surface area contributed by atoms with Gasteiger partial charge in [-0.3, -0.25) is 14.4 Å². The molecule has 0 bridgehead atoms. The second-order valence-corrected chi connectivity index (χ2v) is 16.6. The highest BCUT2D eigenvalue weighted by Gasteiger charge is 2.60. The van der Waals surface area contributed by atoms with Crippen molar-refractivity contribution in [3.05, 3.63) is 58.9 Å². The molecule has 7 atom stereocenters. The molecule has 5 aliphatic rings. The van der Waals surface area contributed by atoms with E-state index in [1.165, 1.54) is 44.2 Å². The van der Waals surface area contributed by atoms with E-state index in [9.17, 15) is 18.8 Å². The highest BCUT2D eigenvalue weighted by molar-refractivity contribution is 6.11. The number of amides is 1. The van der Waals surface area contributed by atoms with E-state index in [1.54, 1.807) is 0 Å². The number of rotatable bonds is 8. The van der Waals surface area contributed by atoms with Crippen LogP contribution in [0.5, 0.6) is 0 Å². The van der Waals surface area contributed by atoms with Crippen LogP contribution in [0.15, 0.2) is 36.4 Å². The molecule has 0 aliphatic heterocycles. The van der Waals surface area contributed by atoms with Gasteiger partial charge in [-0.05, 0) is 128 Å². The molecule has 260 valence electrons. The maximum absolute atomic E-state index is 14.3. The molecule has 1 amide bonds. The van der Waals surface area contributed by atoms with E-state index in [4.69, 9.17) is 4.74 Å². The Morgan fingerprint density at radius 1 is 0.959 bits per heavy atom. The minimum absolute atomic E-state index is 0.00198. The molecular formula is C42H51FN2O4. The molecule has 1 aromatic heterocycles. The van der Waals surface area contributed by atoms with Gasteiger partial charge in [-0.2, -0.15) is 0 Å². The smallest absolute Gasteiger partial charge is 0.220 e. The fourth-order valence-electron chi connectivity index (χ4n) is 11.5. The largest absolute Gasteiger partial charge is 0.378 e. The zero-order valence-electron chi connectivity index (χ0n) is 29.2. The van der Waals surface area contributed by atoms with E-state index in [1.807, 2.05) is 24.3 Å². The van der Waals surface area contributed by atoms with Crippen LogP contribution in [-0.4, -0.2) is 35.2 Å². The van der Waals surface area contributed by atoms with Crippen LogP contribution >= 0.6 is 0 Å². The number of aromatic nitrogens is 1. The number of Topliss-reactive ketones (excluding diaryl/α,β-unsaturated/α-hetero) is 2. The topological polar surface area (TPSA) is 88.3 Å². The minimum Gasteiger partial charge on any atom is -0.378 e. The highest BCUT2D eigenvalue weighted by atomic mass is 19.1. The number of benzene rings is 2. The molecule has 5 aliphatic carbocycles. The molecule has 1 heterocycles. The monoisotopic (exact) mass is 666 g/mol. The number of H-pyrrole nitrogens is 1. The Kier molecular flexibility index (Phi) is 8.57. The zero-order chi connectivity index (χ0) is 33.9. The normalized spacial score (nSPS) is 32.3. The second-order valence-electron chi connectivity index (χ2n) is 16.6. The summed E-state index contributed by atoms with van der Waals surface area (Å²) < 4.78 is 20.9. The van der Waals surface area contributed by atoms with Gasteiger partial charge in [0.2, 0.25) is 5.91 Å². The second kappa shape index (κ2) is 12.8. The van der Waals surface area contributed by atoms with Crippen molar-refractivity contribution in [3.63, 3.8) is 0 Å². The van der Waals surface area contributed by atoms with Gasteiger partial charge in [0.25, 0.3) is 0 Å². The van der Waals surface area contributed by atoms with E-state index >= 15 is 0 Å². The molecule has 4 fully saturated rings. The lowest BCUT2D eigenvalue weighted by atomic mass is 9.45. The van der Waals surface area contributed by atoms with Crippen molar-refractivity contribution in [3.8, 4) is 11.3 Å². The predicted molar refractivity (Wildman–Crippen MR) is 189 cm³/mol. The molecule has 2 N–H and O–H groups in total. The standard InChI is InChI=1S/C42H51FN2O4/c1-41-18-16-29(46)21-27(41)12-13-30-33-14-15-37(42(33,2)19-17-34(30)41)49-20-4-7-38(48)44-24-25-8-10-26(11-9-25)40-31-5-3-6-36(47)32-22-28(43)23-35(45-40)39(31)32/h8-11,22-23,27,30,33-34,37,45H,3-7,12-21,24H2,1-2H3,(H,44,48)/t27-,30-,33-,34-,37?,41-,42-/m0/s1. The molecule has 3 aromatic rings. The van der Waals surface area contributed by atoms with E-state index in [2.05, 4.69) is 24.1 Å². The summed E-state index contributed by atoms with van der Waals surface area (Å²) in [7, 11) is 0. The molecule has 0 saturated heterocycles. The third-order valence-electron chi connectivity index (χ3n) is 14.1. The number of nitrogens with one attached hydrogen (secondary N) is 2. The summed E-state index contributed by atoms with van der Waals surface area (Å²) in [5, 5.41) is 3.93. The lowest BCUT2D eigenvalue weighted by molar-refractivity contribution is -0.145. The third kappa shape index (κ3) is 5.78. The SMILES string of the molecule is C[C@]12CCC(=O)C[C@@H]1CC[C@@H]1[C@@H]2CC[C@]2(C)C(OCCCC(=O)NCc3ccc(-c4[nH]c5cc(F)cc6c5c4CCCC6=O)cc3)CC[C@@H]12. The summed E-state index contributed by atoms with van der Waals surface area (Å²) in [5.41, 5.74) is 5.73. The number of ether oxygens (including phenoxy) is 1. The quantitative estimate of drug-likeness (QED) is 0.235. The van der Waals surface area contributed by atoms with Crippen molar-refractivity contribution >= 4 is 28.4 Å². The van der Waals surface area contributed by atoms with Crippen molar-refractivity contribution in [2.75, 3.05) is 6.61 Å². The Bertz CT molecular complexity index is 1780. The van der Waals surface area contributed by atoms with Gasteiger partial charge in [-0.1, -0.05) is 38.1 Å². The van der Waals surface area contributed by atoms with Crippen LogP contribution in [0.4, 0.5) is 4.39 Å². The Labute approximate surface area is 289 Å². The molecule has 49 heavy (non-hydrogen) atoms. The number of hydrogen-bond donors (Lipinski definition) is 2. The van der Waals surface area contributed by atoms with Gasteiger partial charge in [0, 0.05) is 61.0 Å². The van der Waals surface area contributed by atoms with E-state index in [0.717, 1.165) is 90.5 Å². The summed E-state index contributed by atoms with van der Waals surface area (Å²) in [6.45, 7) is 6.07. The maximum atomic E-state index is 14.3. The summed E-state index contributed by atoms with van der Waals surface area (Å²) in [5.74, 6) is 2.96. The number of hydrogen-bond acceptors (Lipinski definition) is 4. The molecule has 7 heteroatoms. The number of fused-ring (bicyclic) bond motifs is 5. The number of ketones is 2. The van der Waals surface area contributed by atoms with Crippen LogP contribution in [0.3, 0.4) is 0 Å². The Balaban J connectivity index is 0.819. The van der Waals surface area contributed by atoms with Crippen molar-refractivity contribution in [1.29, 1.82) is 0 Å². The number of aromatic amines is 1. The first kappa shape index (κ1) is 32.9. The average molecular weight is 667 g/mol. The lowest BCUT2D eigenvalue weighted by Crippen LogP contribution is -2.54. The van der Waals surface area contributed by atoms with Crippen LogP contribution in [0.2, 0.25) is 0 Å². The first-order chi connectivity index (χ1) is 23.6. The molecule has 2 aromatic carbocycles. The van der Waals surface area contributed by atoms with Crippen molar-refractivity contribution in [2.45, 2.75) is 116 Å². The summed E-state index contributed by atoms with van der Waals surface area (Å²) in [4.78, 5) is 41.0. The lowest BCUT2D eigenvalue weighted by Gasteiger charge is -2.60. The third-order valence-corrected chi connectivity index (χ3v) is 14.1. The summed E-state index contributed by atoms with van der Waals surface area (Å²) >= 11 is 0. The number of carbonyl (C=O) groups excluding carboxylic acids is 3. The molecule has 0 radical (unpaired) electrons. The first-order valence-corrected chi connectivity index (χ1v) is 19.0. The first-order valence-electron chi connectivity index (χ1n) is 19.0. The van der Waals surface area contributed by atoms with Gasteiger partial charge in [0.15, 0.2) is 5.78 Å². The zero-order valence-corrected chi connectivity index (χ0v) is 29.2. The summed E-state index contributed by atoms with van der Waals surface area (Å²) in [6.07, 6.45) is 13.5. The van der Waals surface area contributed by atoms with Crippen LogP contribution in [0.25, 0.3) is 22.2 Å². The Hall–Kier alpha value is -3.32. The van der Waals surface area contributed by atoms with Gasteiger partial charge >= 0.3 is 0 Å². The fourth-order valence-corrected chi connectivity index (χ4v) is 11.5. The number of carbonyl (C=O) groups is 3. The van der Waals surface area contributed by atoms with Crippen LogP contribution in [0, 0.1) is 40.3 Å². The molecule has 4 saturated carbocycles. The van der Waals surface area contributed by atoms with Gasteiger partial charge in [0.1, 0.15) is 11.6 Å².